The van der Waals surface area contributed by atoms with Crippen molar-refractivity contribution in [3.63, 3.8) is 0 Å². The van der Waals surface area contributed by atoms with Crippen molar-refractivity contribution in [2.75, 3.05) is 4.90 Å². The van der Waals surface area contributed by atoms with Crippen LogP contribution in [0.4, 0.5) is 10.1 Å². The van der Waals surface area contributed by atoms with E-state index < -0.39 is 5.82 Å². The van der Waals surface area contributed by atoms with Gasteiger partial charge in [0.25, 0.3) is 0 Å². The fourth-order valence-corrected chi connectivity index (χ4v) is 4.05. The fraction of sp³-hybridized carbons (Fsp3) is 0.333. The highest BCUT2D eigenvalue weighted by molar-refractivity contribution is 6.36. The van der Waals surface area contributed by atoms with Crippen LogP contribution < -0.4 is 4.90 Å². The van der Waals surface area contributed by atoms with E-state index in [-0.39, 0.29) is 46.2 Å². The van der Waals surface area contributed by atoms with Crippen molar-refractivity contribution in [1.29, 1.82) is 0 Å². The van der Waals surface area contributed by atoms with Gasteiger partial charge < -0.3 is 0 Å². The van der Waals surface area contributed by atoms with E-state index in [9.17, 15) is 14.0 Å². The first kappa shape index (κ1) is 12.1. The molecule has 0 N–H and O–H groups in total. The number of hydrogen-bond donors (Lipinski definition) is 0. The molecule has 1 aromatic rings. The molecule has 3 aliphatic rings. The Morgan fingerprint density at radius 1 is 1.10 bits per heavy atom. The lowest BCUT2D eigenvalue weighted by molar-refractivity contribution is -0.123. The van der Waals surface area contributed by atoms with Gasteiger partial charge in [0.1, 0.15) is 5.82 Å². The maximum atomic E-state index is 13.1. The summed E-state index contributed by atoms with van der Waals surface area (Å²) >= 11 is 5.98. The number of halogens is 2. The van der Waals surface area contributed by atoms with Gasteiger partial charge in [0.15, 0.2) is 0 Å². The zero-order valence-electron chi connectivity index (χ0n) is 10.4. The van der Waals surface area contributed by atoms with Gasteiger partial charge in [-0.25, -0.2) is 9.29 Å². The molecule has 2 bridgehead atoms. The Hall–Kier alpha value is -1.68. The van der Waals surface area contributed by atoms with Crippen LogP contribution >= 0.6 is 11.6 Å². The molecule has 20 heavy (non-hydrogen) atoms. The van der Waals surface area contributed by atoms with E-state index in [2.05, 4.69) is 0 Å². The maximum Gasteiger partial charge on any atom is 0.238 e. The number of carbonyl (C=O) groups excluding carboxylic acids is 2. The van der Waals surface area contributed by atoms with E-state index in [1.165, 1.54) is 12.1 Å². The van der Waals surface area contributed by atoms with Crippen molar-refractivity contribution in [3.8, 4) is 0 Å². The van der Waals surface area contributed by atoms with Crippen molar-refractivity contribution < 1.29 is 14.0 Å². The van der Waals surface area contributed by atoms with Gasteiger partial charge in [-0.1, -0.05) is 23.8 Å². The molecule has 4 atom stereocenters. The van der Waals surface area contributed by atoms with E-state index in [1.54, 1.807) is 0 Å². The predicted molar refractivity (Wildman–Crippen MR) is 71.6 cm³/mol. The van der Waals surface area contributed by atoms with Crippen LogP contribution in [-0.2, 0) is 9.59 Å². The second-order valence-corrected chi connectivity index (χ2v) is 6.01. The molecule has 2 fully saturated rings. The van der Waals surface area contributed by atoms with Gasteiger partial charge in [-0.05, 0) is 36.5 Å². The van der Waals surface area contributed by atoms with Crippen LogP contribution in [0.2, 0.25) is 5.02 Å². The second kappa shape index (κ2) is 3.92. The molecule has 0 spiro atoms. The SMILES string of the molecule is O=C1C2C3C=CC(C3)C2C(=O)N1c1ccc(F)cc1Cl. The van der Waals surface area contributed by atoms with Crippen molar-refractivity contribution in [1.82, 2.24) is 0 Å². The topological polar surface area (TPSA) is 37.4 Å². The Morgan fingerprint density at radius 3 is 2.25 bits per heavy atom. The van der Waals surface area contributed by atoms with Crippen LogP contribution in [0.25, 0.3) is 0 Å². The summed E-state index contributed by atoms with van der Waals surface area (Å²) in [4.78, 5) is 26.2. The van der Waals surface area contributed by atoms with E-state index in [1.807, 2.05) is 12.2 Å². The minimum absolute atomic E-state index is 0.0898. The second-order valence-electron chi connectivity index (χ2n) is 5.61. The standard InChI is InChI=1S/C15H11ClFNO2/c16-10-6-9(17)3-4-11(10)18-14(19)12-7-1-2-8(5-7)13(12)15(18)20/h1-4,6-8,12-13H,5H2. The molecule has 0 radical (unpaired) electrons. The number of imide groups is 1. The minimum atomic E-state index is -0.486. The third-order valence-corrected chi connectivity index (χ3v) is 4.92. The number of anilines is 1. The van der Waals surface area contributed by atoms with Crippen molar-refractivity contribution in [2.24, 2.45) is 23.7 Å². The molecule has 0 aromatic heterocycles. The summed E-state index contributed by atoms with van der Waals surface area (Å²) < 4.78 is 13.1. The maximum absolute atomic E-state index is 13.1. The Labute approximate surface area is 120 Å². The quantitative estimate of drug-likeness (QED) is 0.589. The molecule has 4 rings (SSSR count). The predicted octanol–water partition coefficient (Wildman–Crippen LogP) is 2.79. The molecule has 4 unspecified atom stereocenters. The molecular weight excluding hydrogens is 281 g/mol. The van der Waals surface area contributed by atoms with Crippen LogP contribution in [0.15, 0.2) is 30.4 Å². The summed E-state index contributed by atoms with van der Waals surface area (Å²) in [6.07, 6.45) is 4.96. The number of hydrogen-bond acceptors (Lipinski definition) is 2. The number of benzene rings is 1. The molecule has 1 saturated heterocycles. The van der Waals surface area contributed by atoms with Gasteiger partial charge >= 0.3 is 0 Å². The van der Waals surface area contributed by atoms with Gasteiger partial charge in [-0.15, -0.1) is 0 Å². The summed E-state index contributed by atoms with van der Waals surface area (Å²) in [5.74, 6) is -1.11. The number of carbonyl (C=O) groups is 2. The summed E-state index contributed by atoms with van der Waals surface area (Å²) in [6, 6.07) is 3.73. The summed E-state index contributed by atoms with van der Waals surface area (Å²) in [5, 5.41) is 0.0898. The van der Waals surface area contributed by atoms with Crippen LogP contribution in [0.3, 0.4) is 0 Å². The molecule has 1 saturated carbocycles. The number of nitrogens with zero attached hydrogens (tertiary/aromatic N) is 1. The number of fused-ring (bicyclic) bond motifs is 5. The first-order valence-corrected chi connectivity index (χ1v) is 6.97. The van der Waals surface area contributed by atoms with E-state index >= 15 is 0 Å². The van der Waals surface area contributed by atoms with Crippen molar-refractivity contribution >= 4 is 29.1 Å². The van der Waals surface area contributed by atoms with Crippen LogP contribution in [0.5, 0.6) is 0 Å². The van der Waals surface area contributed by atoms with Crippen molar-refractivity contribution in [2.45, 2.75) is 6.42 Å². The van der Waals surface area contributed by atoms with E-state index in [0.717, 1.165) is 17.4 Å². The highest BCUT2D eigenvalue weighted by atomic mass is 35.5. The Morgan fingerprint density at radius 2 is 1.70 bits per heavy atom. The minimum Gasteiger partial charge on any atom is -0.274 e. The molecule has 3 nitrogen and oxygen atoms in total. The van der Waals surface area contributed by atoms with Gasteiger partial charge in [0.05, 0.1) is 22.5 Å². The molecule has 5 heteroatoms. The molecule has 2 aliphatic carbocycles. The van der Waals surface area contributed by atoms with E-state index in [0.29, 0.717) is 0 Å². The number of amides is 2. The summed E-state index contributed by atoms with van der Waals surface area (Å²) in [5.41, 5.74) is 0.289. The fourth-order valence-electron chi connectivity index (χ4n) is 3.80. The smallest absolute Gasteiger partial charge is 0.238 e. The normalized spacial score (nSPS) is 34.2. The molecular formula is C15H11ClFNO2. The van der Waals surface area contributed by atoms with E-state index in [4.69, 9.17) is 11.6 Å². The average Bonchev–Trinajstić information content (AvgIpc) is 3.06. The highest BCUT2D eigenvalue weighted by Crippen LogP contribution is 2.53. The summed E-state index contributed by atoms with van der Waals surface area (Å²) in [6.45, 7) is 0. The Kier molecular flexibility index (Phi) is 2.37. The summed E-state index contributed by atoms with van der Waals surface area (Å²) in [7, 11) is 0. The third-order valence-electron chi connectivity index (χ3n) is 4.62. The third kappa shape index (κ3) is 1.40. The van der Waals surface area contributed by atoms with Gasteiger partial charge in [0.2, 0.25) is 11.8 Å². The largest absolute Gasteiger partial charge is 0.274 e. The van der Waals surface area contributed by atoms with Crippen LogP contribution in [-0.4, -0.2) is 11.8 Å². The zero-order chi connectivity index (χ0) is 14.0. The molecule has 1 aromatic carbocycles. The lowest BCUT2D eigenvalue weighted by atomic mass is 9.85. The Balaban J connectivity index is 1.78. The molecule has 1 heterocycles. The van der Waals surface area contributed by atoms with Gasteiger partial charge in [-0.3, -0.25) is 9.59 Å². The van der Waals surface area contributed by atoms with Gasteiger partial charge in [-0.2, -0.15) is 0 Å². The first-order chi connectivity index (χ1) is 9.58. The lowest BCUT2D eigenvalue weighted by Crippen LogP contribution is -2.33. The monoisotopic (exact) mass is 291 g/mol. The zero-order valence-corrected chi connectivity index (χ0v) is 11.2. The lowest BCUT2D eigenvalue weighted by Gasteiger charge is -2.18. The average molecular weight is 292 g/mol. The highest BCUT2D eigenvalue weighted by Gasteiger charge is 2.59. The van der Waals surface area contributed by atoms with Crippen LogP contribution in [0.1, 0.15) is 6.42 Å². The number of allylic oxidation sites excluding steroid dienone is 2. The van der Waals surface area contributed by atoms with Gasteiger partial charge in [0, 0.05) is 0 Å². The Bertz CT molecular complexity index is 642. The van der Waals surface area contributed by atoms with Crippen molar-refractivity contribution in [3.05, 3.63) is 41.2 Å². The van der Waals surface area contributed by atoms with Crippen LogP contribution in [0, 0.1) is 29.5 Å². The molecule has 1 aliphatic heterocycles. The first-order valence-electron chi connectivity index (χ1n) is 6.59. The molecule has 2 amide bonds. The number of rotatable bonds is 1. The molecule has 102 valence electrons.